The maximum Gasteiger partial charge on any atom is 0.318 e. The lowest BCUT2D eigenvalue weighted by atomic mass is 10.1. The zero-order valence-electron chi connectivity index (χ0n) is 21.2. The minimum Gasteiger partial charge on any atom is -0.341 e. The molecule has 3 aromatic rings. The highest BCUT2D eigenvalue weighted by Gasteiger charge is 2.16. The summed E-state index contributed by atoms with van der Waals surface area (Å²) in [4.78, 5) is 38.3. The Morgan fingerprint density at radius 2 is 0.784 bits per heavy atom. The number of urea groups is 3. The highest BCUT2D eigenvalue weighted by molar-refractivity contribution is 5.91. The lowest BCUT2D eigenvalue weighted by molar-refractivity contribution is 0.247. The number of carbonyl (C=O) groups is 3. The third-order valence-corrected chi connectivity index (χ3v) is 5.66. The standard InChI is InChI=1S/C27H33N7O3/c1-28-25(35)31-22-13-7-4-10-19(22)16-34(17-20-11-5-8-14-23(20)32-26(36)29-2)18-21-12-6-9-15-24(21)33-27(37)30-3/h4-15H,16-18H2,1-3H3,(H2,28,31,35)(H2,29,32,36)(H2,30,33,37). The first-order valence-electron chi connectivity index (χ1n) is 11.9. The van der Waals surface area contributed by atoms with Crippen molar-refractivity contribution in [1.82, 2.24) is 20.9 Å². The van der Waals surface area contributed by atoms with Crippen LogP contribution in [0.25, 0.3) is 0 Å². The lowest BCUT2D eigenvalue weighted by Crippen LogP contribution is -2.29. The summed E-state index contributed by atoms with van der Waals surface area (Å²) in [6.07, 6.45) is 0. The molecular formula is C27H33N7O3. The van der Waals surface area contributed by atoms with Crippen molar-refractivity contribution in [2.45, 2.75) is 19.6 Å². The summed E-state index contributed by atoms with van der Waals surface area (Å²) in [5.74, 6) is 0. The van der Waals surface area contributed by atoms with Crippen molar-refractivity contribution in [2.75, 3.05) is 37.1 Å². The van der Waals surface area contributed by atoms with Gasteiger partial charge < -0.3 is 31.9 Å². The second-order valence-corrected chi connectivity index (χ2v) is 8.23. The van der Waals surface area contributed by atoms with E-state index in [1.165, 1.54) is 0 Å². The molecule has 10 nitrogen and oxygen atoms in total. The van der Waals surface area contributed by atoms with Crippen LogP contribution in [0, 0.1) is 0 Å². The van der Waals surface area contributed by atoms with Gasteiger partial charge in [0.15, 0.2) is 0 Å². The fourth-order valence-electron chi connectivity index (χ4n) is 3.79. The van der Waals surface area contributed by atoms with Crippen molar-refractivity contribution in [3.8, 4) is 0 Å². The van der Waals surface area contributed by atoms with Crippen molar-refractivity contribution >= 4 is 35.2 Å². The van der Waals surface area contributed by atoms with E-state index in [1.807, 2.05) is 72.8 Å². The predicted molar refractivity (Wildman–Crippen MR) is 147 cm³/mol. The first-order chi connectivity index (χ1) is 17.9. The molecule has 6 N–H and O–H groups in total. The van der Waals surface area contributed by atoms with Crippen molar-refractivity contribution in [1.29, 1.82) is 0 Å². The van der Waals surface area contributed by atoms with Crippen LogP contribution in [0.3, 0.4) is 0 Å². The number of hydrogen-bond donors (Lipinski definition) is 6. The van der Waals surface area contributed by atoms with Crippen LogP contribution in [0.15, 0.2) is 72.8 Å². The van der Waals surface area contributed by atoms with Crippen LogP contribution >= 0.6 is 0 Å². The monoisotopic (exact) mass is 503 g/mol. The molecule has 0 aliphatic carbocycles. The van der Waals surface area contributed by atoms with E-state index < -0.39 is 0 Å². The van der Waals surface area contributed by atoms with E-state index in [4.69, 9.17) is 0 Å². The SMILES string of the molecule is CNC(=O)Nc1ccccc1CN(Cc1ccccc1NC(=O)NC)Cc1ccccc1NC(=O)NC. The van der Waals surface area contributed by atoms with Crippen LogP contribution in [-0.4, -0.2) is 44.1 Å². The van der Waals surface area contributed by atoms with Gasteiger partial charge in [0.25, 0.3) is 0 Å². The Hall–Kier alpha value is -4.57. The molecule has 0 unspecified atom stereocenters. The van der Waals surface area contributed by atoms with Crippen LogP contribution in [0.1, 0.15) is 16.7 Å². The summed E-state index contributed by atoms with van der Waals surface area (Å²) >= 11 is 0. The molecule has 6 amide bonds. The molecule has 3 aromatic carbocycles. The fraction of sp³-hybridized carbons (Fsp3) is 0.222. The van der Waals surface area contributed by atoms with E-state index >= 15 is 0 Å². The average molecular weight is 504 g/mol. The Kier molecular flexibility index (Phi) is 9.86. The van der Waals surface area contributed by atoms with E-state index in [0.717, 1.165) is 16.7 Å². The third kappa shape index (κ3) is 7.97. The molecule has 194 valence electrons. The van der Waals surface area contributed by atoms with Crippen molar-refractivity contribution in [3.63, 3.8) is 0 Å². The minimum absolute atomic E-state index is 0.306. The molecule has 3 rings (SSSR count). The zero-order chi connectivity index (χ0) is 26.6. The van der Waals surface area contributed by atoms with Crippen LogP contribution in [0.5, 0.6) is 0 Å². The number of para-hydroxylation sites is 3. The van der Waals surface area contributed by atoms with Gasteiger partial charge in [-0.3, -0.25) is 4.90 Å². The molecule has 0 heterocycles. The second kappa shape index (κ2) is 13.5. The van der Waals surface area contributed by atoms with Gasteiger partial charge >= 0.3 is 18.1 Å². The van der Waals surface area contributed by atoms with Gasteiger partial charge in [-0.05, 0) is 34.9 Å². The van der Waals surface area contributed by atoms with Gasteiger partial charge in [-0.15, -0.1) is 0 Å². The summed E-state index contributed by atoms with van der Waals surface area (Å²) in [5.41, 5.74) is 4.83. The molecular weight excluding hydrogens is 470 g/mol. The quantitative estimate of drug-likeness (QED) is 0.262. The molecule has 10 heteroatoms. The first kappa shape index (κ1) is 27.0. The van der Waals surface area contributed by atoms with Gasteiger partial charge in [-0.25, -0.2) is 14.4 Å². The summed E-state index contributed by atoms with van der Waals surface area (Å²) in [5, 5.41) is 16.4. The van der Waals surface area contributed by atoms with Gasteiger partial charge in [-0.1, -0.05) is 54.6 Å². The molecule has 0 aliphatic heterocycles. The molecule has 0 bridgehead atoms. The van der Waals surface area contributed by atoms with Crippen LogP contribution in [0.4, 0.5) is 31.4 Å². The molecule has 0 saturated carbocycles. The van der Waals surface area contributed by atoms with Gasteiger partial charge in [0.1, 0.15) is 0 Å². The molecule has 0 atom stereocenters. The highest BCUT2D eigenvalue weighted by Crippen LogP contribution is 2.25. The van der Waals surface area contributed by atoms with E-state index in [2.05, 4.69) is 36.8 Å². The van der Waals surface area contributed by atoms with E-state index in [-0.39, 0.29) is 18.1 Å². The smallest absolute Gasteiger partial charge is 0.318 e. The maximum atomic E-state index is 12.0. The number of anilines is 3. The lowest BCUT2D eigenvalue weighted by Gasteiger charge is -2.26. The minimum atomic E-state index is -0.306. The molecule has 0 fully saturated rings. The molecule has 0 aromatic heterocycles. The third-order valence-electron chi connectivity index (χ3n) is 5.66. The number of benzene rings is 3. The van der Waals surface area contributed by atoms with Crippen molar-refractivity contribution < 1.29 is 14.4 Å². The normalized spacial score (nSPS) is 10.4. The van der Waals surface area contributed by atoms with E-state index in [1.54, 1.807) is 21.1 Å². The number of nitrogens with one attached hydrogen (secondary N) is 6. The number of nitrogens with zero attached hydrogens (tertiary/aromatic N) is 1. The zero-order valence-corrected chi connectivity index (χ0v) is 21.2. The Labute approximate surface area is 216 Å². The average Bonchev–Trinajstić information content (AvgIpc) is 2.91. The number of rotatable bonds is 9. The number of amides is 6. The topological polar surface area (TPSA) is 127 Å². The second-order valence-electron chi connectivity index (χ2n) is 8.23. The predicted octanol–water partition coefficient (Wildman–Crippen LogP) is 4.14. The Bertz CT molecular complexity index is 1080. The molecule has 0 radical (unpaired) electrons. The Morgan fingerprint density at radius 1 is 0.514 bits per heavy atom. The summed E-state index contributed by atoms with van der Waals surface area (Å²) in [6, 6.07) is 21.9. The first-order valence-corrected chi connectivity index (χ1v) is 11.9. The largest absolute Gasteiger partial charge is 0.341 e. The van der Waals surface area contributed by atoms with Crippen LogP contribution < -0.4 is 31.9 Å². The number of carbonyl (C=O) groups excluding carboxylic acids is 3. The van der Waals surface area contributed by atoms with Crippen molar-refractivity contribution in [3.05, 3.63) is 89.5 Å². The van der Waals surface area contributed by atoms with Gasteiger partial charge in [0.05, 0.1) is 0 Å². The van der Waals surface area contributed by atoms with Gasteiger partial charge in [0, 0.05) is 57.8 Å². The Balaban J connectivity index is 1.96. The molecule has 0 aliphatic rings. The summed E-state index contributed by atoms with van der Waals surface area (Å²) < 4.78 is 0. The number of hydrogen-bond acceptors (Lipinski definition) is 4. The maximum absolute atomic E-state index is 12.0. The van der Waals surface area contributed by atoms with E-state index in [9.17, 15) is 14.4 Å². The van der Waals surface area contributed by atoms with Gasteiger partial charge in [0.2, 0.25) is 0 Å². The highest BCUT2D eigenvalue weighted by atomic mass is 16.2. The summed E-state index contributed by atoms with van der Waals surface area (Å²) in [7, 11) is 4.70. The van der Waals surface area contributed by atoms with Gasteiger partial charge in [-0.2, -0.15) is 0 Å². The molecule has 37 heavy (non-hydrogen) atoms. The van der Waals surface area contributed by atoms with Crippen LogP contribution in [-0.2, 0) is 19.6 Å². The Morgan fingerprint density at radius 3 is 1.05 bits per heavy atom. The fourth-order valence-corrected chi connectivity index (χ4v) is 3.79. The van der Waals surface area contributed by atoms with Crippen LogP contribution in [0.2, 0.25) is 0 Å². The van der Waals surface area contributed by atoms with E-state index in [0.29, 0.717) is 36.7 Å². The molecule has 0 spiro atoms. The van der Waals surface area contributed by atoms with Crippen molar-refractivity contribution in [2.24, 2.45) is 0 Å². The molecule has 0 saturated heterocycles. The summed E-state index contributed by atoms with van der Waals surface area (Å²) in [6.45, 7) is 1.47.